The van der Waals surface area contributed by atoms with Crippen LogP contribution in [0.3, 0.4) is 0 Å². The van der Waals surface area contributed by atoms with E-state index in [2.05, 4.69) is 34.4 Å². The average Bonchev–Trinajstić information content (AvgIpc) is 2.99. The predicted molar refractivity (Wildman–Crippen MR) is 86.3 cm³/mol. The molecule has 1 atom stereocenters. The van der Waals surface area contributed by atoms with Crippen LogP contribution in [0.15, 0.2) is 12.4 Å². The maximum Gasteiger partial charge on any atom is 0.287 e. The number of nitrogens with zero attached hydrogens (tertiary/aromatic N) is 1. The normalized spacial score (nSPS) is 22.0. The van der Waals surface area contributed by atoms with E-state index in [0.29, 0.717) is 5.82 Å². The maximum atomic E-state index is 11.5. The van der Waals surface area contributed by atoms with Gasteiger partial charge in [0.15, 0.2) is 5.82 Å². The van der Waals surface area contributed by atoms with Gasteiger partial charge >= 0.3 is 0 Å². The van der Waals surface area contributed by atoms with Crippen molar-refractivity contribution in [3.05, 3.63) is 18.2 Å². The van der Waals surface area contributed by atoms with Gasteiger partial charge in [0.25, 0.3) is 5.91 Å². The highest BCUT2D eigenvalue weighted by atomic mass is 16.2. The number of imidazole rings is 1. The minimum absolute atomic E-state index is 0.122. The molecule has 1 saturated heterocycles. The third-order valence-electron chi connectivity index (χ3n) is 3.60. The van der Waals surface area contributed by atoms with Crippen molar-refractivity contribution >= 4 is 5.91 Å². The maximum absolute atomic E-state index is 11.5. The molecule has 1 aliphatic heterocycles. The lowest BCUT2D eigenvalue weighted by molar-refractivity contribution is 0.0921. The number of carbonyl (C=O) groups is 1. The first-order valence-corrected chi connectivity index (χ1v) is 8.08. The molecule has 5 heteroatoms. The molecule has 1 unspecified atom stereocenters. The molecule has 0 spiro atoms. The summed E-state index contributed by atoms with van der Waals surface area (Å²) in [6, 6.07) is 0.237. The van der Waals surface area contributed by atoms with Gasteiger partial charge in [-0.25, -0.2) is 4.98 Å². The van der Waals surface area contributed by atoms with Crippen LogP contribution < -0.4 is 10.6 Å². The molecule has 21 heavy (non-hydrogen) atoms. The topological polar surface area (TPSA) is 69.8 Å². The molecule has 2 aliphatic rings. The fourth-order valence-corrected chi connectivity index (χ4v) is 1.87. The van der Waals surface area contributed by atoms with Gasteiger partial charge in [-0.05, 0) is 37.6 Å². The monoisotopic (exact) mass is 294 g/mol. The second kappa shape index (κ2) is 8.82. The number of carbonyl (C=O) groups excluding carboxylic acids is 1. The molecule has 1 aliphatic carbocycles. The zero-order valence-electron chi connectivity index (χ0n) is 13.8. The van der Waals surface area contributed by atoms with Crippen molar-refractivity contribution < 1.29 is 4.79 Å². The van der Waals surface area contributed by atoms with E-state index < -0.39 is 0 Å². The molecule has 5 nitrogen and oxygen atoms in total. The zero-order chi connectivity index (χ0) is 15.7. The van der Waals surface area contributed by atoms with Gasteiger partial charge in [-0.3, -0.25) is 4.79 Å². The van der Waals surface area contributed by atoms with Crippen LogP contribution in [0.4, 0.5) is 0 Å². The second-order valence-corrected chi connectivity index (χ2v) is 6.12. The molecule has 2 heterocycles. The van der Waals surface area contributed by atoms with Crippen LogP contribution in [0, 0.1) is 5.41 Å². The molecule has 120 valence electrons. The molecular formula is C16H30N4O. The summed E-state index contributed by atoms with van der Waals surface area (Å²) in [5.41, 5.74) is 0.750. The van der Waals surface area contributed by atoms with Crippen molar-refractivity contribution in [1.82, 2.24) is 20.6 Å². The van der Waals surface area contributed by atoms with Crippen LogP contribution in [0.5, 0.6) is 0 Å². The van der Waals surface area contributed by atoms with Crippen molar-refractivity contribution in [2.75, 3.05) is 13.1 Å². The van der Waals surface area contributed by atoms with E-state index in [1.807, 2.05) is 13.8 Å². The lowest BCUT2D eigenvalue weighted by Gasteiger charge is -2.23. The Balaban J connectivity index is 0.000000263. The van der Waals surface area contributed by atoms with E-state index in [1.54, 1.807) is 12.4 Å². The standard InChI is InChI=1S/C9H14N4O.C5H10.C2H6/c14-9(8-11-4-5-12-8)13-7-2-1-3-10-6-7;1-5(2)3-4-5;1-2/h4-5,7,10H,1-3,6H2,(H,11,12)(H,13,14);3-4H2,1-2H3;1-2H3. The second-order valence-electron chi connectivity index (χ2n) is 6.12. The van der Waals surface area contributed by atoms with Crippen LogP contribution >= 0.6 is 0 Å². The van der Waals surface area contributed by atoms with Crippen molar-refractivity contribution in [2.45, 2.75) is 59.4 Å². The molecule has 0 aromatic carbocycles. The highest BCUT2D eigenvalue weighted by molar-refractivity contribution is 5.90. The van der Waals surface area contributed by atoms with E-state index in [-0.39, 0.29) is 11.9 Å². The molecule has 1 saturated carbocycles. The summed E-state index contributed by atoms with van der Waals surface area (Å²) >= 11 is 0. The summed E-state index contributed by atoms with van der Waals surface area (Å²) in [6.45, 7) is 10.5. The summed E-state index contributed by atoms with van der Waals surface area (Å²) in [6.07, 6.45) is 8.28. The van der Waals surface area contributed by atoms with E-state index in [0.717, 1.165) is 31.3 Å². The number of rotatable bonds is 2. The van der Waals surface area contributed by atoms with Crippen LogP contribution in [-0.2, 0) is 0 Å². The Hall–Kier alpha value is -1.36. The molecule has 1 aromatic rings. The molecule has 0 bridgehead atoms. The number of piperidine rings is 1. The third kappa shape index (κ3) is 7.27. The van der Waals surface area contributed by atoms with Crippen LogP contribution in [0.25, 0.3) is 0 Å². The Morgan fingerprint density at radius 2 is 2.05 bits per heavy atom. The Labute approximate surface area is 128 Å². The van der Waals surface area contributed by atoms with E-state index in [4.69, 9.17) is 0 Å². The number of aromatic nitrogens is 2. The summed E-state index contributed by atoms with van der Waals surface area (Å²) in [4.78, 5) is 18.2. The van der Waals surface area contributed by atoms with Crippen molar-refractivity contribution in [3.63, 3.8) is 0 Å². The van der Waals surface area contributed by atoms with Gasteiger partial charge in [-0.2, -0.15) is 0 Å². The molecular weight excluding hydrogens is 264 g/mol. The Morgan fingerprint density at radius 1 is 1.38 bits per heavy atom. The summed E-state index contributed by atoms with van der Waals surface area (Å²) in [5.74, 6) is 0.263. The number of aromatic amines is 1. The molecule has 2 fully saturated rings. The Kier molecular flexibility index (Phi) is 7.43. The molecule has 0 radical (unpaired) electrons. The molecule has 3 rings (SSSR count). The summed E-state index contributed by atoms with van der Waals surface area (Å²) in [7, 11) is 0. The van der Waals surface area contributed by atoms with E-state index >= 15 is 0 Å². The first kappa shape index (κ1) is 17.7. The average molecular weight is 294 g/mol. The summed E-state index contributed by atoms with van der Waals surface area (Å²) < 4.78 is 0. The Morgan fingerprint density at radius 3 is 2.48 bits per heavy atom. The van der Waals surface area contributed by atoms with Gasteiger partial charge in [-0.1, -0.05) is 27.7 Å². The SMILES string of the molecule is CC.CC1(C)CC1.O=C(NC1CCCNC1)c1ncc[nH]1. The minimum atomic E-state index is -0.122. The number of amides is 1. The molecule has 1 amide bonds. The van der Waals surface area contributed by atoms with Crippen LogP contribution in [0.1, 0.15) is 64.0 Å². The molecule has 1 aromatic heterocycles. The van der Waals surface area contributed by atoms with Gasteiger partial charge in [-0.15, -0.1) is 0 Å². The first-order chi connectivity index (χ1) is 10.1. The van der Waals surface area contributed by atoms with Gasteiger partial charge in [0, 0.05) is 25.0 Å². The number of H-pyrrole nitrogens is 1. The van der Waals surface area contributed by atoms with Crippen molar-refractivity contribution in [2.24, 2.45) is 5.41 Å². The van der Waals surface area contributed by atoms with Gasteiger partial charge in [0.05, 0.1) is 0 Å². The largest absolute Gasteiger partial charge is 0.345 e. The summed E-state index contributed by atoms with van der Waals surface area (Å²) in [5, 5.41) is 6.17. The van der Waals surface area contributed by atoms with Crippen LogP contribution in [-0.4, -0.2) is 35.0 Å². The van der Waals surface area contributed by atoms with Crippen molar-refractivity contribution in [3.8, 4) is 0 Å². The zero-order valence-corrected chi connectivity index (χ0v) is 13.8. The first-order valence-electron chi connectivity index (χ1n) is 8.08. The van der Waals surface area contributed by atoms with Crippen molar-refractivity contribution in [1.29, 1.82) is 0 Å². The number of nitrogens with one attached hydrogen (secondary N) is 3. The van der Waals surface area contributed by atoms with Gasteiger partial charge < -0.3 is 15.6 Å². The van der Waals surface area contributed by atoms with E-state index in [1.165, 1.54) is 12.8 Å². The lowest BCUT2D eigenvalue weighted by Crippen LogP contribution is -2.45. The van der Waals surface area contributed by atoms with E-state index in [9.17, 15) is 4.79 Å². The quantitative estimate of drug-likeness (QED) is 0.785. The Bertz CT molecular complexity index is 388. The fourth-order valence-electron chi connectivity index (χ4n) is 1.87. The molecule has 3 N–H and O–H groups in total. The number of hydrogen-bond donors (Lipinski definition) is 3. The smallest absolute Gasteiger partial charge is 0.287 e. The predicted octanol–water partition coefficient (Wildman–Crippen LogP) is 2.72. The highest BCUT2D eigenvalue weighted by Crippen LogP contribution is 2.43. The lowest BCUT2D eigenvalue weighted by atomic mass is 10.1. The fraction of sp³-hybridized carbons (Fsp3) is 0.750. The third-order valence-corrected chi connectivity index (χ3v) is 3.60. The van der Waals surface area contributed by atoms with Crippen LogP contribution in [0.2, 0.25) is 0 Å². The highest BCUT2D eigenvalue weighted by Gasteiger charge is 2.30. The minimum Gasteiger partial charge on any atom is -0.345 e. The number of hydrogen-bond acceptors (Lipinski definition) is 3. The van der Waals surface area contributed by atoms with Gasteiger partial charge in [0.1, 0.15) is 0 Å². The van der Waals surface area contributed by atoms with Gasteiger partial charge in [0.2, 0.25) is 0 Å².